The average Bonchev–Trinajstić information content (AvgIpc) is 2.64. The predicted molar refractivity (Wildman–Crippen MR) is 105 cm³/mol. The Labute approximate surface area is 168 Å². The van der Waals surface area contributed by atoms with Crippen LogP contribution in [0.2, 0.25) is 15.1 Å². The lowest BCUT2D eigenvalue weighted by molar-refractivity contribution is -0.135. The Morgan fingerprint density at radius 1 is 0.923 bits per heavy atom. The summed E-state index contributed by atoms with van der Waals surface area (Å²) in [6.45, 7) is 3.73. The van der Waals surface area contributed by atoms with Crippen LogP contribution >= 0.6 is 34.8 Å². The zero-order valence-corrected chi connectivity index (χ0v) is 16.4. The van der Waals surface area contributed by atoms with Crippen molar-refractivity contribution in [2.24, 2.45) is 0 Å². The van der Waals surface area contributed by atoms with Crippen LogP contribution in [0.1, 0.15) is 5.56 Å². The van der Waals surface area contributed by atoms with Crippen LogP contribution in [-0.4, -0.2) is 48.5 Å². The van der Waals surface area contributed by atoms with Crippen LogP contribution in [0.15, 0.2) is 42.5 Å². The number of amides is 1. The molecule has 1 fully saturated rings. The molecule has 0 aromatic heterocycles. The van der Waals surface area contributed by atoms with Crippen LogP contribution in [0, 0.1) is 0 Å². The van der Waals surface area contributed by atoms with Crippen molar-refractivity contribution in [1.82, 2.24) is 9.80 Å². The number of benzene rings is 2. The first-order valence-electron chi connectivity index (χ1n) is 8.34. The normalized spacial score (nSPS) is 15.1. The van der Waals surface area contributed by atoms with E-state index in [-0.39, 0.29) is 12.5 Å². The summed E-state index contributed by atoms with van der Waals surface area (Å²) < 4.78 is 5.53. The Hall–Kier alpha value is -1.46. The molecule has 1 amide bonds. The second kappa shape index (κ2) is 8.96. The lowest BCUT2D eigenvalue weighted by Crippen LogP contribution is -2.49. The van der Waals surface area contributed by atoms with Crippen LogP contribution in [0.3, 0.4) is 0 Å². The molecule has 0 aliphatic carbocycles. The molecule has 1 saturated heterocycles. The fourth-order valence-electron chi connectivity index (χ4n) is 2.81. The monoisotopic (exact) mass is 412 g/mol. The summed E-state index contributed by atoms with van der Waals surface area (Å²) in [5.74, 6) is 0.628. The largest absolute Gasteiger partial charge is 0.484 e. The third-order valence-electron chi connectivity index (χ3n) is 4.31. The Balaban J connectivity index is 1.45. The van der Waals surface area contributed by atoms with E-state index in [1.54, 1.807) is 30.3 Å². The number of carbonyl (C=O) groups is 1. The summed E-state index contributed by atoms with van der Waals surface area (Å²) in [5.41, 5.74) is 1.04. The van der Waals surface area contributed by atoms with Gasteiger partial charge in [0.05, 0.1) is 0 Å². The van der Waals surface area contributed by atoms with Crippen LogP contribution in [-0.2, 0) is 11.3 Å². The number of nitrogens with zero attached hydrogens (tertiary/aromatic N) is 2. The Bertz CT molecular complexity index is 760. The van der Waals surface area contributed by atoms with Crippen LogP contribution in [0.25, 0.3) is 0 Å². The number of hydrogen-bond acceptors (Lipinski definition) is 3. The molecular formula is C19H19Cl3N2O2. The number of hydrogen-bond donors (Lipinski definition) is 0. The standard InChI is InChI=1S/C19H19Cl3N2O2/c20-15-3-5-17(6-4-15)26-13-19(25)24-9-7-23(8-10-24)12-14-1-2-16(21)11-18(14)22/h1-6,11H,7-10,12-13H2. The molecule has 2 aromatic carbocycles. The number of rotatable bonds is 5. The highest BCUT2D eigenvalue weighted by Gasteiger charge is 2.22. The summed E-state index contributed by atoms with van der Waals surface area (Å²) >= 11 is 18.0. The molecule has 1 aliphatic rings. The van der Waals surface area contributed by atoms with Crippen LogP contribution in [0.5, 0.6) is 5.75 Å². The molecule has 7 heteroatoms. The Morgan fingerprint density at radius 3 is 2.23 bits per heavy atom. The zero-order valence-electron chi connectivity index (χ0n) is 14.1. The molecule has 3 rings (SSSR count). The fourth-order valence-corrected chi connectivity index (χ4v) is 3.41. The molecule has 0 bridgehead atoms. The topological polar surface area (TPSA) is 32.8 Å². The average molecular weight is 414 g/mol. The molecule has 1 aliphatic heterocycles. The van der Waals surface area contributed by atoms with Crippen molar-refractivity contribution in [2.45, 2.75) is 6.54 Å². The summed E-state index contributed by atoms with van der Waals surface area (Å²) in [5, 5.41) is 1.95. The minimum atomic E-state index is -0.0101. The maximum Gasteiger partial charge on any atom is 0.260 e. The molecule has 0 atom stereocenters. The van der Waals surface area contributed by atoms with E-state index >= 15 is 0 Å². The summed E-state index contributed by atoms with van der Waals surface area (Å²) in [4.78, 5) is 16.4. The summed E-state index contributed by atoms with van der Waals surface area (Å²) in [7, 11) is 0. The summed E-state index contributed by atoms with van der Waals surface area (Å²) in [6.07, 6.45) is 0. The van der Waals surface area contributed by atoms with Crippen molar-refractivity contribution in [3.05, 3.63) is 63.1 Å². The first-order valence-corrected chi connectivity index (χ1v) is 9.47. The minimum Gasteiger partial charge on any atom is -0.484 e. The molecular weight excluding hydrogens is 395 g/mol. The van der Waals surface area contributed by atoms with Crippen molar-refractivity contribution in [1.29, 1.82) is 0 Å². The van der Waals surface area contributed by atoms with Gasteiger partial charge in [-0.25, -0.2) is 0 Å². The zero-order chi connectivity index (χ0) is 18.5. The second-order valence-corrected chi connectivity index (χ2v) is 7.42. The van der Waals surface area contributed by atoms with Crippen molar-refractivity contribution in [3.63, 3.8) is 0 Å². The van der Waals surface area contributed by atoms with Crippen LogP contribution < -0.4 is 4.74 Å². The number of piperazine rings is 1. The third-order valence-corrected chi connectivity index (χ3v) is 5.15. The first-order chi connectivity index (χ1) is 12.5. The lowest BCUT2D eigenvalue weighted by Gasteiger charge is -2.34. The first kappa shape index (κ1) is 19.3. The van der Waals surface area contributed by atoms with E-state index < -0.39 is 0 Å². The molecule has 0 spiro atoms. The van der Waals surface area contributed by atoms with Gasteiger partial charge >= 0.3 is 0 Å². The van der Waals surface area contributed by atoms with Gasteiger partial charge in [-0.1, -0.05) is 40.9 Å². The van der Waals surface area contributed by atoms with Gasteiger partial charge < -0.3 is 9.64 Å². The van der Waals surface area contributed by atoms with Gasteiger partial charge in [-0.15, -0.1) is 0 Å². The second-order valence-electron chi connectivity index (χ2n) is 6.14. The van der Waals surface area contributed by atoms with Crippen molar-refractivity contribution in [3.8, 4) is 5.75 Å². The highest BCUT2D eigenvalue weighted by atomic mass is 35.5. The molecule has 4 nitrogen and oxygen atoms in total. The lowest BCUT2D eigenvalue weighted by atomic mass is 10.2. The molecule has 0 N–H and O–H groups in total. The Morgan fingerprint density at radius 2 is 1.58 bits per heavy atom. The maximum atomic E-state index is 12.3. The van der Waals surface area contributed by atoms with Gasteiger partial charge in [-0.2, -0.15) is 0 Å². The van der Waals surface area contributed by atoms with Gasteiger partial charge in [0.2, 0.25) is 0 Å². The van der Waals surface area contributed by atoms with E-state index in [9.17, 15) is 4.79 Å². The Kier molecular flexibility index (Phi) is 6.65. The van der Waals surface area contributed by atoms with Crippen LogP contribution in [0.4, 0.5) is 0 Å². The molecule has 0 unspecified atom stereocenters. The molecule has 26 heavy (non-hydrogen) atoms. The SMILES string of the molecule is O=C(COc1ccc(Cl)cc1)N1CCN(Cc2ccc(Cl)cc2Cl)CC1. The molecule has 1 heterocycles. The van der Waals surface area contributed by atoms with Crippen molar-refractivity contribution >= 4 is 40.7 Å². The number of halogens is 3. The van der Waals surface area contributed by atoms with E-state index in [4.69, 9.17) is 39.5 Å². The van der Waals surface area contributed by atoms with E-state index in [1.165, 1.54) is 0 Å². The summed E-state index contributed by atoms with van der Waals surface area (Å²) in [6, 6.07) is 12.5. The molecule has 2 aromatic rings. The van der Waals surface area contributed by atoms with Crippen molar-refractivity contribution in [2.75, 3.05) is 32.8 Å². The highest BCUT2D eigenvalue weighted by Crippen LogP contribution is 2.23. The molecule has 0 radical (unpaired) electrons. The van der Waals surface area contributed by atoms with E-state index in [2.05, 4.69) is 4.90 Å². The van der Waals surface area contributed by atoms with E-state index in [0.717, 1.165) is 25.2 Å². The van der Waals surface area contributed by atoms with Gasteiger partial charge in [0.15, 0.2) is 6.61 Å². The minimum absolute atomic E-state index is 0.0101. The van der Waals surface area contributed by atoms with E-state index in [1.807, 2.05) is 17.0 Å². The smallest absolute Gasteiger partial charge is 0.260 e. The molecule has 138 valence electrons. The van der Waals surface area contributed by atoms with Crippen molar-refractivity contribution < 1.29 is 9.53 Å². The van der Waals surface area contributed by atoms with Gasteiger partial charge in [0, 0.05) is 47.8 Å². The van der Waals surface area contributed by atoms with Gasteiger partial charge in [-0.3, -0.25) is 9.69 Å². The van der Waals surface area contributed by atoms with Gasteiger partial charge in [-0.05, 0) is 42.0 Å². The quantitative estimate of drug-likeness (QED) is 0.730. The fraction of sp³-hybridized carbons (Fsp3) is 0.316. The number of ether oxygens (including phenoxy) is 1. The maximum absolute atomic E-state index is 12.3. The molecule has 0 saturated carbocycles. The number of carbonyl (C=O) groups excluding carboxylic acids is 1. The van der Waals surface area contributed by atoms with E-state index in [0.29, 0.717) is 33.9 Å². The predicted octanol–water partition coefficient (Wildman–Crippen LogP) is 4.37. The highest BCUT2D eigenvalue weighted by molar-refractivity contribution is 6.35. The third kappa shape index (κ3) is 5.27. The van der Waals surface area contributed by atoms with Gasteiger partial charge in [0.25, 0.3) is 5.91 Å². The van der Waals surface area contributed by atoms with Gasteiger partial charge in [0.1, 0.15) is 5.75 Å².